The van der Waals surface area contributed by atoms with Gasteiger partial charge in [0.2, 0.25) is 5.91 Å². The lowest BCUT2D eigenvalue weighted by Crippen LogP contribution is -2.69. The first-order chi connectivity index (χ1) is 23.2. The zero-order chi connectivity index (χ0) is 36.0. The van der Waals surface area contributed by atoms with Gasteiger partial charge in [-0.1, -0.05) is 48.5 Å². The molecule has 262 valence electrons. The fourth-order valence-electron chi connectivity index (χ4n) is 6.00. The summed E-state index contributed by atoms with van der Waals surface area (Å²) >= 11 is 0. The van der Waals surface area contributed by atoms with E-state index in [-0.39, 0.29) is 6.61 Å². The standard InChI is InChI=1S/C33H36N2O14/c1-16(36)44-15-26-28(46-17(2)37)29(47-18(3)38)30(48-19(4)39)31(49-26)35(25(32(41)42)13-27(34)40)33(43)45-14-24-22-11-7-5-9-20(22)21-10-6-8-12-23(21)24/h5-12,24-26,28-31H,13-15H2,1-4H3,(H2,34,40)(H,41,42)/t25-,26+,28-,29-,30+,31+/m0/s1. The number of carboxylic acid groups (broad SMARTS) is 1. The van der Waals surface area contributed by atoms with Gasteiger partial charge in [0.05, 0.1) is 6.42 Å². The van der Waals surface area contributed by atoms with E-state index < -0.39 is 97.5 Å². The number of fused-ring (bicyclic) bond motifs is 3. The number of rotatable bonds is 12. The molecule has 0 bridgehead atoms. The summed E-state index contributed by atoms with van der Waals surface area (Å²) in [6, 6.07) is 12.8. The molecular weight excluding hydrogens is 648 g/mol. The van der Waals surface area contributed by atoms with Crippen molar-refractivity contribution in [2.75, 3.05) is 13.2 Å². The van der Waals surface area contributed by atoms with E-state index in [1.165, 1.54) is 0 Å². The molecule has 1 heterocycles. The Balaban J connectivity index is 1.80. The molecule has 1 saturated heterocycles. The number of nitrogens with two attached hydrogens (primary N) is 1. The Kier molecular flexibility index (Phi) is 11.6. The van der Waals surface area contributed by atoms with Gasteiger partial charge in [-0.3, -0.25) is 28.9 Å². The van der Waals surface area contributed by atoms with Gasteiger partial charge in [0.1, 0.15) is 25.4 Å². The summed E-state index contributed by atoms with van der Waals surface area (Å²) < 4.78 is 33.1. The molecule has 2 amide bonds. The second-order valence-corrected chi connectivity index (χ2v) is 11.3. The molecule has 0 unspecified atom stereocenters. The number of nitrogens with zero attached hydrogens (tertiary/aromatic N) is 1. The summed E-state index contributed by atoms with van der Waals surface area (Å²) in [5.74, 6) is -6.97. The van der Waals surface area contributed by atoms with Gasteiger partial charge in [0.15, 0.2) is 24.5 Å². The van der Waals surface area contributed by atoms with Crippen LogP contribution >= 0.6 is 0 Å². The zero-order valence-electron chi connectivity index (χ0n) is 27.1. The third-order valence-corrected chi connectivity index (χ3v) is 7.80. The smallest absolute Gasteiger partial charge is 0.412 e. The lowest BCUT2D eigenvalue weighted by atomic mass is 9.95. The van der Waals surface area contributed by atoms with Crippen LogP contribution in [-0.4, -0.2) is 102 Å². The third-order valence-electron chi connectivity index (χ3n) is 7.80. The summed E-state index contributed by atoms with van der Waals surface area (Å²) in [6.45, 7) is 3.11. The Morgan fingerprint density at radius 3 is 1.73 bits per heavy atom. The van der Waals surface area contributed by atoms with Crippen LogP contribution in [-0.2, 0) is 57.2 Å². The van der Waals surface area contributed by atoms with Crippen LogP contribution in [0.15, 0.2) is 48.5 Å². The summed E-state index contributed by atoms with van der Waals surface area (Å²) in [5.41, 5.74) is 8.87. The van der Waals surface area contributed by atoms with Crippen molar-refractivity contribution in [1.82, 2.24) is 4.90 Å². The Bertz CT molecular complexity index is 1580. The van der Waals surface area contributed by atoms with Crippen molar-refractivity contribution < 1.29 is 67.1 Å². The minimum atomic E-state index is -2.08. The minimum Gasteiger partial charge on any atom is -0.480 e. The molecule has 1 fully saturated rings. The van der Waals surface area contributed by atoms with Crippen molar-refractivity contribution in [3.8, 4) is 11.1 Å². The highest BCUT2D eigenvalue weighted by Gasteiger charge is 2.57. The van der Waals surface area contributed by atoms with Gasteiger partial charge in [0, 0.05) is 33.6 Å². The van der Waals surface area contributed by atoms with Crippen LogP contribution in [0.1, 0.15) is 51.2 Å². The van der Waals surface area contributed by atoms with Crippen LogP contribution in [0.3, 0.4) is 0 Å². The predicted molar refractivity (Wildman–Crippen MR) is 164 cm³/mol. The Labute approximate surface area is 280 Å². The number of carbonyl (C=O) groups is 7. The van der Waals surface area contributed by atoms with E-state index in [2.05, 4.69) is 0 Å². The number of carboxylic acids is 1. The molecule has 0 aromatic heterocycles. The summed E-state index contributed by atoms with van der Waals surface area (Å²) in [6.07, 6.45) is -11.0. The van der Waals surface area contributed by atoms with E-state index in [0.717, 1.165) is 49.9 Å². The first kappa shape index (κ1) is 36.3. The molecule has 6 atom stereocenters. The lowest BCUT2D eigenvalue weighted by molar-refractivity contribution is -0.277. The van der Waals surface area contributed by atoms with E-state index in [1.807, 2.05) is 48.5 Å². The molecule has 2 aromatic carbocycles. The second-order valence-electron chi connectivity index (χ2n) is 11.3. The molecule has 16 heteroatoms. The summed E-state index contributed by atoms with van der Waals surface area (Å²) in [4.78, 5) is 88.0. The highest BCUT2D eigenvalue weighted by atomic mass is 16.7. The van der Waals surface area contributed by atoms with Gasteiger partial charge in [-0.15, -0.1) is 0 Å². The van der Waals surface area contributed by atoms with Crippen LogP contribution < -0.4 is 5.73 Å². The average molecular weight is 685 g/mol. The van der Waals surface area contributed by atoms with Crippen LogP contribution in [0.2, 0.25) is 0 Å². The number of hydrogen-bond acceptors (Lipinski definition) is 13. The Morgan fingerprint density at radius 2 is 1.24 bits per heavy atom. The fraction of sp³-hybridized carbons (Fsp3) is 0.424. The van der Waals surface area contributed by atoms with E-state index in [9.17, 15) is 38.7 Å². The van der Waals surface area contributed by atoms with Gasteiger partial charge in [-0.2, -0.15) is 0 Å². The first-order valence-corrected chi connectivity index (χ1v) is 15.1. The van der Waals surface area contributed by atoms with E-state index in [0.29, 0.717) is 4.90 Å². The number of hydrogen-bond donors (Lipinski definition) is 2. The predicted octanol–water partition coefficient (Wildman–Crippen LogP) is 1.65. The molecule has 4 rings (SSSR count). The average Bonchev–Trinajstić information content (AvgIpc) is 3.34. The molecular formula is C33H36N2O14. The van der Waals surface area contributed by atoms with Gasteiger partial charge in [-0.25, -0.2) is 9.59 Å². The quantitative estimate of drug-likeness (QED) is 0.240. The van der Waals surface area contributed by atoms with Crippen molar-refractivity contribution in [3.63, 3.8) is 0 Å². The number of benzene rings is 2. The Morgan fingerprint density at radius 1 is 0.735 bits per heavy atom. The van der Waals surface area contributed by atoms with Crippen molar-refractivity contribution in [2.45, 2.75) is 76.7 Å². The number of amides is 2. The number of ether oxygens (including phenoxy) is 6. The van der Waals surface area contributed by atoms with E-state index >= 15 is 0 Å². The van der Waals surface area contributed by atoms with Crippen LogP contribution in [0.4, 0.5) is 4.79 Å². The van der Waals surface area contributed by atoms with Crippen molar-refractivity contribution in [3.05, 3.63) is 59.7 Å². The van der Waals surface area contributed by atoms with Gasteiger partial charge in [-0.05, 0) is 22.3 Å². The number of esters is 4. The van der Waals surface area contributed by atoms with E-state index in [4.69, 9.17) is 34.2 Å². The van der Waals surface area contributed by atoms with Crippen molar-refractivity contribution in [1.29, 1.82) is 0 Å². The molecule has 0 spiro atoms. The maximum absolute atomic E-state index is 14.1. The maximum atomic E-state index is 14.1. The highest BCUT2D eigenvalue weighted by Crippen LogP contribution is 2.44. The van der Waals surface area contributed by atoms with Crippen molar-refractivity contribution >= 4 is 41.8 Å². The molecule has 16 nitrogen and oxygen atoms in total. The minimum absolute atomic E-state index is 0.308. The maximum Gasteiger partial charge on any atom is 0.412 e. The van der Waals surface area contributed by atoms with Crippen LogP contribution in [0, 0.1) is 0 Å². The fourth-order valence-corrected chi connectivity index (χ4v) is 6.00. The third kappa shape index (κ3) is 8.51. The monoisotopic (exact) mass is 684 g/mol. The number of carbonyl (C=O) groups excluding carboxylic acids is 6. The lowest BCUT2D eigenvalue weighted by Gasteiger charge is -2.48. The molecule has 2 aliphatic rings. The van der Waals surface area contributed by atoms with Gasteiger partial charge in [0.25, 0.3) is 0 Å². The summed E-state index contributed by atoms with van der Waals surface area (Å²) in [7, 11) is 0. The molecule has 1 aliphatic carbocycles. The summed E-state index contributed by atoms with van der Waals surface area (Å²) in [5, 5.41) is 10.3. The first-order valence-electron chi connectivity index (χ1n) is 15.1. The van der Waals surface area contributed by atoms with E-state index in [1.54, 1.807) is 0 Å². The van der Waals surface area contributed by atoms with Gasteiger partial charge < -0.3 is 39.3 Å². The van der Waals surface area contributed by atoms with Crippen LogP contribution in [0.5, 0.6) is 0 Å². The SMILES string of the molecule is CC(=O)OC[C@H]1O[C@@H](N(C(=O)OCC2c3ccccc3-c3ccccc32)[C@@H](CC(N)=O)C(=O)O)[C@H](OC(C)=O)[C@@H](OC(C)=O)[C@H]1OC(C)=O. The molecule has 0 saturated carbocycles. The molecule has 1 aliphatic heterocycles. The molecule has 0 radical (unpaired) electrons. The topological polar surface area (TPSA) is 224 Å². The molecule has 2 aromatic rings. The Hall–Kier alpha value is -5.51. The highest BCUT2D eigenvalue weighted by molar-refractivity contribution is 5.87. The largest absolute Gasteiger partial charge is 0.480 e. The second kappa shape index (κ2) is 15.6. The normalized spacial score (nSPS) is 21.6. The molecule has 49 heavy (non-hydrogen) atoms. The molecule has 3 N–H and O–H groups in total. The number of aliphatic carboxylic acids is 1. The van der Waals surface area contributed by atoms with Crippen molar-refractivity contribution in [2.24, 2.45) is 5.73 Å². The number of primary amides is 1. The van der Waals surface area contributed by atoms with Gasteiger partial charge >= 0.3 is 35.9 Å². The van der Waals surface area contributed by atoms with Crippen LogP contribution in [0.25, 0.3) is 11.1 Å². The zero-order valence-corrected chi connectivity index (χ0v) is 27.1.